The topological polar surface area (TPSA) is 58.4 Å². The molecule has 0 aromatic heterocycles. The summed E-state index contributed by atoms with van der Waals surface area (Å²) in [5.41, 5.74) is 5.22. The minimum Gasteiger partial charge on any atom is -0.368 e. The Bertz CT molecular complexity index is 289. The van der Waals surface area contributed by atoms with Gasteiger partial charge in [-0.25, -0.2) is 0 Å². The summed E-state index contributed by atoms with van der Waals surface area (Å²) in [7, 11) is 2.09. The van der Waals surface area contributed by atoms with E-state index < -0.39 is 5.54 Å². The van der Waals surface area contributed by atoms with Crippen molar-refractivity contribution in [2.75, 3.05) is 26.7 Å². The molecule has 1 saturated carbocycles. The first-order valence-electron chi connectivity index (χ1n) is 7.65. The lowest BCUT2D eigenvalue weighted by atomic mass is 9.91. The molecule has 1 rings (SSSR count). The first-order chi connectivity index (χ1) is 8.92. The molecule has 1 aliphatic rings. The zero-order chi connectivity index (χ0) is 14.5. The number of rotatable bonds is 10. The number of hydrogen-bond acceptors (Lipinski definition) is 3. The summed E-state index contributed by atoms with van der Waals surface area (Å²) in [6.07, 6.45) is 4.43. The van der Waals surface area contributed by atoms with Crippen LogP contribution in [-0.4, -0.2) is 43.0 Å². The van der Waals surface area contributed by atoms with Gasteiger partial charge in [0.05, 0.1) is 0 Å². The van der Waals surface area contributed by atoms with E-state index in [9.17, 15) is 4.79 Å². The molecule has 1 fully saturated rings. The van der Waals surface area contributed by atoms with Gasteiger partial charge in [-0.2, -0.15) is 0 Å². The average Bonchev–Trinajstić information content (AvgIpc) is 3.16. The fraction of sp³-hybridized carbons (Fsp3) is 0.933. The molecule has 1 amide bonds. The van der Waals surface area contributed by atoms with Gasteiger partial charge in [0, 0.05) is 6.54 Å². The minimum absolute atomic E-state index is 0.181. The summed E-state index contributed by atoms with van der Waals surface area (Å²) in [5, 5.41) is 3.45. The zero-order valence-electron chi connectivity index (χ0n) is 13.0. The van der Waals surface area contributed by atoms with Gasteiger partial charge in [0.2, 0.25) is 5.91 Å². The van der Waals surface area contributed by atoms with Crippen LogP contribution in [0.4, 0.5) is 0 Å². The van der Waals surface area contributed by atoms with E-state index >= 15 is 0 Å². The largest absolute Gasteiger partial charge is 0.368 e. The number of nitrogens with one attached hydrogen (secondary N) is 1. The Balaban J connectivity index is 2.64. The minimum atomic E-state index is -0.512. The number of hydrogen-bond donors (Lipinski definition) is 2. The summed E-state index contributed by atoms with van der Waals surface area (Å²) in [6, 6.07) is 0. The highest BCUT2D eigenvalue weighted by Crippen LogP contribution is 2.40. The van der Waals surface area contributed by atoms with Gasteiger partial charge in [-0.05, 0) is 57.7 Å². The molecule has 1 aliphatic carbocycles. The van der Waals surface area contributed by atoms with Gasteiger partial charge < -0.3 is 16.0 Å². The lowest BCUT2D eigenvalue weighted by Crippen LogP contribution is -2.63. The maximum absolute atomic E-state index is 12.0. The molecule has 0 aromatic rings. The predicted molar refractivity (Wildman–Crippen MR) is 79.9 cm³/mol. The van der Waals surface area contributed by atoms with E-state index in [1.165, 1.54) is 0 Å². The monoisotopic (exact) mass is 269 g/mol. The van der Waals surface area contributed by atoms with Crippen LogP contribution in [0.15, 0.2) is 0 Å². The number of amides is 1. The molecule has 0 aromatic carbocycles. The molecule has 0 radical (unpaired) electrons. The number of nitrogens with two attached hydrogens (primary N) is 1. The van der Waals surface area contributed by atoms with Crippen molar-refractivity contribution in [1.29, 1.82) is 0 Å². The van der Waals surface area contributed by atoms with Crippen LogP contribution >= 0.6 is 0 Å². The second-order valence-electron chi connectivity index (χ2n) is 6.46. The molecule has 1 atom stereocenters. The Morgan fingerprint density at radius 2 is 2.11 bits per heavy atom. The lowest BCUT2D eigenvalue weighted by Gasteiger charge is -2.36. The van der Waals surface area contributed by atoms with Gasteiger partial charge in [-0.1, -0.05) is 20.8 Å². The van der Waals surface area contributed by atoms with E-state index in [4.69, 9.17) is 5.73 Å². The summed E-state index contributed by atoms with van der Waals surface area (Å²) in [5.74, 6) is 0.938. The Morgan fingerprint density at radius 1 is 1.47 bits per heavy atom. The van der Waals surface area contributed by atoms with E-state index in [0.29, 0.717) is 11.8 Å². The molecule has 0 aliphatic heterocycles. The van der Waals surface area contributed by atoms with Crippen molar-refractivity contribution < 1.29 is 4.79 Å². The Kier molecular flexibility index (Phi) is 6.27. The highest BCUT2D eigenvalue weighted by molar-refractivity contribution is 5.86. The van der Waals surface area contributed by atoms with E-state index in [0.717, 1.165) is 45.3 Å². The van der Waals surface area contributed by atoms with E-state index in [1.807, 2.05) is 0 Å². The van der Waals surface area contributed by atoms with Crippen molar-refractivity contribution in [3.05, 3.63) is 0 Å². The first-order valence-corrected chi connectivity index (χ1v) is 7.65. The fourth-order valence-electron chi connectivity index (χ4n) is 2.60. The fourth-order valence-corrected chi connectivity index (χ4v) is 2.60. The molecule has 0 saturated heterocycles. The predicted octanol–water partition coefficient (Wildman–Crippen LogP) is 1.60. The summed E-state index contributed by atoms with van der Waals surface area (Å²) in [6.45, 7) is 9.19. The molecule has 112 valence electrons. The summed E-state index contributed by atoms with van der Waals surface area (Å²) in [4.78, 5) is 14.3. The van der Waals surface area contributed by atoms with Gasteiger partial charge in [0.25, 0.3) is 0 Å². The molecule has 19 heavy (non-hydrogen) atoms. The van der Waals surface area contributed by atoms with Gasteiger partial charge in [0.1, 0.15) is 5.54 Å². The second kappa shape index (κ2) is 7.25. The SMILES string of the molecule is CCCNC(CN(C)CCC(C)C)(C(N)=O)C1CC1. The highest BCUT2D eigenvalue weighted by atomic mass is 16.1. The van der Waals surface area contributed by atoms with Crippen molar-refractivity contribution in [3.8, 4) is 0 Å². The number of likely N-dealkylation sites (N-methyl/N-ethyl adjacent to an activating group) is 1. The van der Waals surface area contributed by atoms with Crippen molar-refractivity contribution >= 4 is 5.91 Å². The smallest absolute Gasteiger partial charge is 0.239 e. The summed E-state index contributed by atoms with van der Waals surface area (Å²) < 4.78 is 0. The standard InChI is InChI=1S/C15H31N3O/c1-5-9-17-15(14(16)19,13-6-7-13)11-18(4)10-8-12(2)3/h12-13,17H,5-11H2,1-4H3,(H2,16,19). The third-order valence-corrected chi connectivity index (χ3v) is 4.01. The molecule has 4 nitrogen and oxygen atoms in total. The Hall–Kier alpha value is -0.610. The van der Waals surface area contributed by atoms with Gasteiger partial charge >= 0.3 is 0 Å². The van der Waals surface area contributed by atoms with Crippen LogP contribution in [-0.2, 0) is 4.79 Å². The van der Waals surface area contributed by atoms with Crippen molar-refractivity contribution in [2.24, 2.45) is 17.6 Å². The molecule has 0 heterocycles. The Labute approximate surface area is 118 Å². The highest BCUT2D eigenvalue weighted by Gasteiger charge is 2.49. The molecular weight excluding hydrogens is 238 g/mol. The van der Waals surface area contributed by atoms with Gasteiger partial charge in [-0.15, -0.1) is 0 Å². The van der Waals surface area contributed by atoms with Gasteiger partial charge in [0.15, 0.2) is 0 Å². The van der Waals surface area contributed by atoms with Crippen LogP contribution in [0.1, 0.15) is 46.5 Å². The number of carbonyl (C=O) groups is 1. The maximum atomic E-state index is 12.0. The molecule has 4 heteroatoms. The Morgan fingerprint density at radius 3 is 2.53 bits per heavy atom. The number of primary amides is 1. The van der Waals surface area contributed by atoms with Crippen LogP contribution in [0.3, 0.4) is 0 Å². The van der Waals surface area contributed by atoms with E-state index in [-0.39, 0.29) is 5.91 Å². The van der Waals surface area contributed by atoms with Crippen molar-refractivity contribution in [2.45, 2.75) is 52.0 Å². The lowest BCUT2D eigenvalue weighted by molar-refractivity contribution is -0.126. The van der Waals surface area contributed by atoms with E-state index in [1.54, 1.807) is 0 Å². The molecular formula is C15H31N3O. The summed E-state index contributed by atoms with van der Waals surface area (Å²) >= 11 is 0. The molecule has 0 spiro atoms. The van der Waals surface area contributed by atoms with Crippen LogP contribution in [0.2, 0.25) is 0 Å². The van der Waals surface area contributed by atoms with Crippen LogP contribution in [0, 0.1) is 11.8 Å². The molecule has 1 unspecified atom stereocenters. The number of carbonyl (C=O) groups excluding carboxylic acids is 1. The van der Waals surface area contributed by atoms with Crippen LogP contribution in [0.25, 0.3) is 0 Å². The first kappa shape index (κ1) is 16.4. The zero-order valence-corrected chi connectivity index (χ0v) is 13.0. The van der Waals surface area contributed by atoms with Crippen molar-refractivity contribution in [3.63, 3.8) is 0 Å². The maximum Gasteiger partial charge on any atom is 0.239 e. The van der Waals surface area contributed by atoms with Crippen LogP contribution in [0.5, 0.6) is 0 Å². The third-order valence-electron chi connectivity index (χ3n) is 4.01. The molecule has 3 N–H and O–H groups in total. The van der Waals surface area contributed by atoms with Gasteiger partial charge in [-0.3, -0.25) is 4.79 Å². The van der Waals surface area contributed by atoms with E-state index in [2.05, 4.69) is 38.0 Å². The van der Waals surface area contributed by atoms with Crippen LogP contribution < -0.4 is 11.1 Å². The number of nitrogens with zero attached hydrogens (tertiary/aromatic N) is 1. The van der Waals surface area contributed by atoms with Crippen molar-refractivity contribution in [1.82, 2.24) is 10.2 Å². The third kappa shape index (κ3) is 4.77. The normalized spacial score (nSPS) is 18.8. The quantitative estimate of drug-likeness (QED) is 0.633. The second-order valence-corrected chi connectivity index (χ2v) is 6.46. The molecule has 0 bridgehead atoms. The average molecular weight is 269 g/mol.